The Labute approximate surface area is 95.2 Å². The second-order valence-electron chi connectivity index (χ2n) is 4.82. The first-order chi connectivity index (χ1) is 7.31. The smallest absolute Gasteiger partial charge is 0.0568 e. The predicted octanol–water partition coefficient (Wildman–Crippen LogP) is 2.75. The van der Waals surface area contributed by atoms with E-state index in [1.165, 1.54) is 38.6 Å². The Morgan fingerprint density at radius 3 is 2.53 bits per heavy atom. The van der Waals surface area contributed by atoms with E-state index in [9.17, 15) is 0 Å². The lowest BCUT2D eigenvalue weighted by molar-refractivity contribution is 0.407. The van der Waals surface area contributed by atoms with Crippen molar-refractivity contribution in [3.05, 3.63) is 0 Å². The van der Waals surface area contributed by atoms with Crippen LogP contribution < -0.4 is 10.6 Å². The van der Waals surface area contributed by atoms with Gasteiger partial charge in [-0.3, -0.25) is 0 Å². The van der Waals surface area contributed by atoms with Gasteiger partial charge < -0.3 is 10.6 Å². The van der Waals surface area contributed by atoms with Crippen molar-refractivity contribution in [3.8, 4) is 0 Å². The molecule has 2 nitrogen and oxygen atoms in total. The lowest BCUT2D eigenvalue weighted by atomic mass is 10.1. The second kappa shape index (κ2) is 7.24. The monoisotopic (exact) mass is 212 g/mol. The molecule has 0 aromatic carbocycles. The topological polar surface area (TPSA) is 24.1 Å². The molecule has 0 aliphatic heterocycles. The van der Waals surface area contributed by atoms with Crippen molar-refractivity contribution in [2.75, 3.05) is 13.1 Å². The van der Waals surface area contributed by atoms with Crippen LogP contribution in [0.4, 0.5) is 0 Å². The van der Waals surface area contributed by atoms with Gasteiger partial charge >= 0.3 is 0 Å². The van der Waals surface area contributed by atoms with Crippen LogP contribution in [0, 0.1) is 11.8 Å². The fourth-order valence-electron chi connectivity index (χ4n) is 2.28. The molecule has 0 radical (unpaired) electrons. The molecule has 1 aliphatic carbocycles. The van der Waals surface area contributed by atoms with Crippen LogP contribution >= 0.6 is 0 Å². The van der Waals surface area contributed by atoms with E-state index in [-0.39, 0.29) is 0 Å². The van der Waals surface area contributed by atoms with Crippen LogP contribution in [0.2, 0.25) is 0 Å². The average molecular weight is 212 g/mol. The van der Waals surface area contributed by atoms with Crippen LogP contribution in [0.5, 0.6) is 0 Å². The summed E-state index contributed by atoms with van der Waals surface area (Å²) < 4.78 is 0. The first-order valence-electron chi connectivity index (χ1n) is 6.78. The molecule has 0 spiro atoms. The van der Waals surface area contributed by atoms with Gasteiger partial charge in [0.25, 0.3) is 0 Å². The molecule has 0 aromatic rings. The van der Waals surface area contributed by atoms with Gasteiger partial charge in [-0.25, -0.2) is 0 Å². The Morgan fingerprint density at radius 1 is 1.13 bits per heavy atom. The summed E-state index contributed by atoms with van der Waals surface area (Å²) in [5.41, 5.74) is 0. The normalized spacial score (nSPS) is 26.6. The van der Waals surface area contributed by atoms with Gasteiger partial charge in [-0.1, -0.05) is 40.0 Å². The van der Waals surface area contributed by atoms with Crippen molar-refractivity contribution in [3.63, 3.8) is 0 Å². The number of rotatable bonds is 9. The summed E-state index contributed by atoms with van der Waals surface area (Å²) in [6, 6.07) is 0. The minimum absolute atomic E-state index is 0.530. The summed E-state index contributed by atoms with van der Waals surface area (Å²) in [7, 11) is 0. The maximum absolute atomic E-state index is 3.63. The minimum Gasteiger partial charge on any atom is -0.302 e. The van der Waals surface area contributed by atoms with Gasteiger partial charge in [-0.2, -0.15) is 0 Å². The molecule has 90 valence electrons. The van der Waals surface area contributed by atoms with Gasteiger partial charge in [0.05, 0.1) is 6.17 Å². The molecule has 0 bridgehead atoms. The number of nitrogens with one attached hydrogen (secondary N) is 2. The van der Waals surface area contributed by atoms with Crippen molar-refractivity contribution in [1.82, 2.24) is 10.6 Å². The Bertz CT molecular complexity index is 159. The zero-order valence-corrected chi connectivity index (χ0v) is 10.7. The molecular formula is C13H28N2. The third-order valence-corrected chi connectivity index (χ3v) is 3.48. The summed E-state index contributed by atoms with van der Waals surface area (Å²) in [6.45, 7) is 8.98. The highest BCUT2D eigenvalue weighted by Crippen LogP contribution is 2.41. The van der Waals surface area contributed by atoms with Crippen molar-refractivity contribution in [2.45, 2.75) is 59.0 Å². The fraction of sp³-hybridized carbons (Fsp3) is 1.00. The number of hydrogen-bond donors (Lipinski definition) is 2. The first-order valence-corrected chi connectivity index (χ1v) is 6.78. The Hall–Kier alpha value is -0.0800. The highest BCUT2D eigenvalue weighted by atomic mass is 15.1. The van der Waals surface area contributed by atoms with E-state index in [1.807, 2.05) is 0 Å². The highest BCUT2D eigenvalue weighted by molar-refractivity contribution is 4.88. The molecule has 1 aliphatic rings. The van der Waals surface area contributed by atoms with Crippen molar-refractivity contribution in [1.29, 1.82) is 0 Å². The summed E-state index contributed by atoms with van der Waals surface area (Å²) in [4.78, 5) is 0. The number of hydrogen-bond acceptors (Lipinski definition) is 2. The molecule has 1 saturated carbocycles. The van der Waals surface area contributed by atoms with E-state index in [0.717, 1.165) is 18.4 Å². The van der Waals surface area contributed by atoms with Crippen LogP contribution in [0.3, 0.4) is 0 Å². The SMILES string of the molecule is CCCCC1CC1CNC(CC)NCC. The average Bonchev–Trinajstić information content (AvgIpc) is 3.00. The lowest BCUT2D eigenvalue weighted by Gasteiger charge is -2.17. The molecule has 1 fully saturated rings. The fourth-order valence-corrected chi connectivity index (χ4v) is 2.28. The maximum Gasteiger partial charge on any atom is 0.0568 e. The summed E-state index contributed by atoms with van der Waals surface area (Å²) in [6.07, 6.45) is 7.41. The van der Waals surface area contributed by atoms with E-state index >= 15 is 0 Å². The molecule has 0 saturated heterocycles. The second-order valence-corrected chi connectivity index (χ2v) is 4.82. The van der Waals surface area contributed by atoms with E-state index in [4.69, 9.17) is 0 Å². The molecule has 0 aromatic heterocycles. The third kappa shape index (κ3) is 4.98. The third-order valence-electron chi connectivity index (χ3n) is 3.48. The molecule has 1 rings (SSSR count). The molecule has 2 N–H and O–H groups in total. The van der Waals surface area contributed by atoms with Crippen LogP contribution in [0.1, 0.15) is 52.9 Å². The van der Waals surface area contributed by atoms with E-state index < -0.39 is 0 Å². The summed E-state index contributed by atoms with van der Waals surface area (Å²) in [5, 5.41) is 7.09. The van der Waals surface area contributed by atoms with Crippen LogP contribution in [0.15, 0.2) is 0 Å². The molecule has 3 atom stereocenters. The number of unbranched alkanes of at least 4 members (excludes halogenated alkanes) is 1. The molecule has 0 amide bonds. The summed E-state index contributed by atoms with van der Waals surface area (Å²) >= 11 is 0. The lowest BCUT2D eigenvalue weighted by Crippen LogP contribution is -2.42. The maximum atomic E-state index is 3.63. The molecule has 0 heterocycles. The van der Waals surface area contributed by atoms with Crippen LogP contribution in [-0.2, 0) is 0 Å². The van der Waals surface area contributed by atoms with Crippen LogP contribution in [0.25, 0.3) is 0 Å². The Morgan fingerprint density at radius 2 is 1.93 bits per heavy atom. The molecule has 3 unspecified atom stereocenters. The highest BCUT2D eigenvalue weighted by Gasteiger charge is 2.35. The molecular weight excluding hydrogens is 184 g/mol. The van der Waals surface area contributed by atoms with E-state index in [2.05, 4.69) is 31.4 Å². The van der Waals surface area contributed by atoms with Crippen molar-refractivity contribution < 1.29 is 0 Å². The Balaban J connectivity index is 2.01. The van der Waals surface area contributed by atoms with Gasteiger partial charge in [-0.15, -0.1) is 0 Å². The Kier molecular flexibility index (Phi) is 6.26. The van der Waals surface area contributed by atoms with Gasteiger partial charge in [0, 0.05) is 0 Å². The minimum atomic E-state index is 0.530. The molecule has 2 heteroatoms. The van der Waals surface area contributed by atoms with Gasteiger partial charge in [0.2, 0.25) is 0 Å². The van der Waals surface area contributed by atoms with Crippen LogP contribution in [-0.4, -0.2) is 19.3 Å². The zero-order chi connectivity index (χ0) is 11.1. The predicted molar refractivity (Wildman–Crippen MR) is 66.9 cm³/mol. The van der Waals surface area contributed by atoms with Gasteiger partial charge in [0.15, 0.2) is 0 Å². The largest absolute Gasteiger partial charge is 0.302 e. The van der Waals surface area contributed by atoms with Gasteiger partial charge in [0.1, 0.15) is 0 Å². The van der Waals surface area contributed by atoms with Crippen molar-refractivity contribution >= 4 is 0 Å². The van der Waals surface area contributed by atoms with E-state index in [0.29, 0.717) is 6.17 Å². The summed E-state index contributed by atoms with van der Waals surface area (Å²) in [5.74, 6) is 2.01. The van der Waals surface area contributed by atoms with Crippen molar-refractivity contribution in [2.24, 2.45) is 11.8 Å². The quantitative estimate of drug-likeness (QED) is 0.574. The molecule has 15 heavy (non-hydrogen) atoms. The zero-order valence-electron chi connectivity index (χ0n) is 10.7. The first kappa shape index (κ1) is 13.0. The van der Waals surface area contributed by atoms with E-state index in [1.54, 1.807) is 0 Å². The standard InChI is InChI=1S/C13H28N2/c1-4-7-8-11-9-12(11)10-15-13(5-2)14-6-3/h11-15H,4-10H2,1-3H3. The van der Waals surface area contributed by atoms with Gasteiger partial charge in [-0.05, 0) is 37.8 Å².